The molecule has 1 aromatic carbocycles. The van der Waals surface area contributed by atoms with Crippen LogP contribution in [0.1, 0.15) is 43.0 Å². The highest BCUT2D eigenvalue weighted by Crippen LogP contribution is 2.31. The third kappa shape index (κ3) is 4.94. The van der Waals surface area contributed by atoms with Crippen LogP contribution in [0.3, 0.4) is 0 Å². The molecule has 0 aliphatic heterocycles. The Balaban J connectivity index is 2.06. The second-order valence-electron chi connectivity index (χ2n) is 5.71. The first-order valence-electron chi connectivity index (χ1n) is 7.44. The molecule has 124 valence electrons. The standard InChI is InChI=1S/C15H19N3O5/c1-9(2-7-14(19)20)16-15(21)10-3-6-12(17-11-4-5-11)13(8-10)18(22)23/h3,6,8-9,11,17H,2,4-5,7H2,1H3,(H,16,21)(H,19,20). The van der Waals surface area contributed by atoms with Crippen LogP contribution in [-0.4, -0.2) is 34.0 Å². The van der Waals surface area contributed by atoms with Gasteiger partial charge in [-0.15, -0.1) is 0 Å². The fourth-order valence-corrected chi connectivity index (χ4v) is 2.11. The van der Waals surface area contributed by atoms with Gasteiger partial charge in [-0.25, -0.2) is 0 Å². The second-order valence-corrected chi connectivity index (χ2v) is 5.71. The molecule has 1 unspecified atom stereocenters. The topological polar surface area (TPSA) is 122 Å². The Labute approximate surface area is 133 Å². The molecule has 0 heterocycles. The Morgan fingerprint density at radius 1 is 1.43 bits per heavy atom. The second kappa shape index (κ2) is 7.08. The fourth-order valence-electron chi connectivity index (χ4n) is 2.11. The summed E-state index contributed by atoms with van der Waals surface area (Å²) in [5, 5.41) is 25.5. The van der Waals surface area contributed by atoms with Crippen molar-refractivity contribution in [2.75, 3.05) is 5.32 Å². The summed E-state index contributed by atoms with van der Waals surface area (Å²) in [6.07, 6.45) is 2.22. The van der Waals surface area contributed by atoms with E-state index in [1.807, 2.05) is 0 Å². The Morgan fingerprint density at radius 3 is 2.70 bits per heavy atom. The number of amides is 1. The lowest BCUT2D eigenvalue weighted by Gasteiger charge is -2.13. The monoisotopic (exact) mass is 321 g/mol. The summed E-state index contributed by atoms with van der Waals surface area (Å²) in [5.74, 6) is -1.39. The van der Waals surface area contributed by atoms with Gasteiger partial charge in [0.2, 0.25) is 0 Å². The van der Waals surface area contributed by atoms with Gasteiger partial charge >= 0.3 is 5.97 Å². The average Bonchev–Trinajstić information content (AvgIpc) is 3.29. The maximum atomic E-state index is 12.1. The number of nitro benzene ring substituents is 1. The number of hydrogen-bond donors (Lipinski definition) is 3. The zero-order chi connectivity index (χ0) is 17.0. The maximum Gasteiger partial charge on any atom is 0.303 e. The van der Waals surface area contributed by atoms with Crippen molar-refractivity contribution in [3.05, 3.63) is 33.9 Å². The summed E-state index contributed by atoms with van der Waals surface area (Å²) >= 11 is 0. The summed E-state index contributed by atoms with van der Waals surface area (Å²) in [7, 11) is 0. The molecule has 1 aliphatic carbocycles. The molecule has 0 saturated heterocycles. The number of hydrogen-bond acceptors (Lipinski definition) is 5. The Hall–Kier alpha value is -2.64. The van der Waals surface area contributed by atoms with Gasteiger partial charge in [-0.05, 0) is 38.3 Å². The molecule has 2 rings (SSSR count). The van der Waals surface area contributed by atoms with Gasteiger partial charge in [0.25, 0.3) is 11.6 Å². The third-order valence-electron chi connectivity index (χ3n) is 3.56. The highest BCUT2D eigenvalue weighted by Gasteiger charge is 2.25. The molecule has 8 heteroatoms. The van der Waals surface area contributed by atoms with Gasteiger partial charge in [0.15, 0.2) is 0 Å². The maximum absolute atomic E-state index is 12.1. The molecular formula is C15H19N3O5. The smallest absolute Gasteiger partial charge is 0.303 e. The number of carboxylic acid groups (broad SMARTS) is 1. The summed E-state index contributed by atoms with van der Waals surface area (Å²) < 4.78 is 0. The number of carbonyl (C=O) groups is 2. The van der Waals surface area contributed by atoms with Crippen molar-refractivity contribution in [1.82, 2.24) is 5.32 Å². The molecule has 0 radical (unpaired) electrons. The molecule has 1 aliphatic rings. The number of benzene rings is 1. The Bertz CT molecular complexity index is 628. The minimum atomic E-state index is -0.933. The van der Waals surface area contributed by atoms with Crippen LogP contribution in [0.25, 0.3) is 0 Å². The van der Waals surface area contributed by atoms with Gasteiger partial charge in [0, 0.05) is 30.1 Å². The van der Waals surface area contributed by atoms with E-state index < -0.39 is 16.8 Å². The van der Waals surface area contributed by atoms with Crippen molar-refractivity contribution in [2.45, 2.75) is 44.7 Å². The lowest BCUT2D eigenvalue weighted by molar-refractivity contribution is -0.384. The molecule has 3 N–H and O–H groups in total. The van der Waals surface area contributed by atoms with Crippen molar-refractivity contribution < 1.29 is 19.6 Å². The van der Waals surface area contributed by atoms with Crippen molar-refractivity contribution in [3.8, 4) is 0 Å². The first-order chi connectivity index (χ1) is 10.9. The van der Waals surface area contributed by atoms with E-state index in [1.54, 1.807) is 6.92 Å². The molecule has 1 saturated carbocycles. The van der Waals surface area contributed by atoms with Crippen LogP contribution in [-0.2, 0) is 4.79 Å². The van der Waals surface area contributed by atoms with E-state index in [0.717, 1.165) is 12.8 Å². The van der Waals surface area contributed by atoms with E-state index in [2.05, 4.69) is 10.6 Å². The minimum absolute atomic E-state index is 0.0498. The molecule has 1 aromatic rings. The Kier molecular flexibility index (Phi) is 5.15. The van der Waals surface area contributed by atoms with Crippen molar-refractivity contribution in [2.24, 2.45) is 0 Å². The van der Waals surface area contributed by atoms with E-state index in [0.29, 0.717) is 12.1 Å². The van der Waals surface area contributed by atoms with Crippen LogP contribution < -0.4 is 10.6 Å². The number of nitro groups is 1. The van der Waals surface area contributed by atoms with Crippen molar-refractivity contribution in [3.63, 3.8) is 0 Å². The van der Waals surface area contributed by atoms with E-state index in [-0.39, 0.29) is 29.8 Å². The number of nitrogens with zero attached hydrogens (tertiary/aromatic N) is 1. The molecule has 0 spiro atoms. The Morgan fingerprint density at radius 2 is 2.13 bits per heavy atom. The lowest BCUT2D eigenvalue weighted by atomic mass is 10.1. The number of aliphatic carboxylic acids is 1. The third-order valence-corrected chi connectivity index (χ3v) is 3.56. The number of carbonyl (C=O) groups excluding carboxylic acids is 1. The van der Waals surface area contributed by atoms with Crippen LogP contribution in [0.2, 0.25) is 0 Å². The summed E-state index contributed by atoms with van der Waals surface area (Å²) in [6, 6.07) is 4.24. The minimum Gasteiger partial charge on any atom is -0.481 e. The largest absolute Gasteiger partial charge is 0.481 e. The average molecular weight is 321 g/mol. The molecule has 23 heavy (non-hydrogen) atoms. The molecule has 8 nitrogen and oxygen atoms in total. The molecule has 1 amide bonds. The van der Waals surface area contributed by atoms with E-state index in [9.17, 15) is 19.7 Å². The predicted octanol–water partition coefficient (Wildman–Crippen LogP) is 2.15. The number of rotatable bonds is 8. The zero-order valence-electron chi connectivity index (χ0n) is 12.7. The van der Waals surface area contributed by atoms with Crippen LogP contribution in [0.15, 0.2) is 18.2 Å². The lowest BCUT2D eigenvalue weighted by Crippen LogP contribution is -2.33. The van der Waals surface area contributed by atoms with Crippen LogP contribution in [0, 0.1) is 10.1 Å². The van der Waals surface area contributed by atoms with Gasteiger partial charge < -0.3 is 15.7 Å². The number of nitrogens with one attached hydrogen (secondary N) is 2. The first-order valence-corrected chi connectivity index (χ1v) is 7.44. The highest BCUT2D eigenvalue weighted by molar-refractivity contribution is 5.96. The molecule has 1 atom stereocenters. The van der Waals surface area contributed by atoms with Gasteiger partial charge in [0.05, 0.1) is 4.92 Å². The number of carboxylic acids is 1. The van der Waals surface area contributed by atoms with Gasteiger partial charge in [0.1, 0.15) is 5.69 Å². The van der Waals surface area contributed by atoms with E-state index in [4.69, 9.17) is 5.11 Å². The van der Waals surface area contributed by atoms with E-state index in [1.165, 1.54) is 18.2 Å². The van der Waals surface area contributed by atoms with Gasteiger partial charge in [-0.1, -0.05) is 0 Å². The first kappa shape index (κ1) is 16.7. The van der Waals surface area contributed by atoms with Gasteiger partial charge in [-0.3, -0.25) is 19.7 Å². The van der Waals surface area contributed by atoms with E-state index >= 15 is 0 Å². The van der Waals surface area contributed by atoms with Crippen LogP contribution in [0.5, 0.6) is 0 Å². The molecule has 0 aromatic heterocycles. The normalized spacial score (nSPS) is 14.8. The number of anilines is 1. The predicted molar refractivity (Wildman–Crippen MR) is 83.5 cm³/mol. The van der Waals surface area contributed by atoms with Crippen molar-refractivity contribution in [1.29, 1.82) is 0 Å². The molecule has 1 fully saturated rings. The summed E-state index contributed by atoms with van der Waals surface area (Å²) in [6.45, 7) is 1.69. The van der Waals surface area contributed by atoms with Crippen LogP contribution >= 0.6 is 0 Å². The van der Waals surface area contributed by atoms with Crippen molar-refractivity contribution >= 4 is 23.3 Å². The SMILES string of the molecule is CC(CCC(=O)O)NC(=O)c1ccc(NC2CC2)c([N+](=O)[O-])c1. The molecular weight excluding hydrogens is 302 g/mol. The summed E-state index contributed by atoms with van der Waals surface area (Å²) in [5.41, 5.74) is 0.455. The summed E-state index contributed by atoms with van der Waals surface area (Å²) in [4.78, 5) is 33.3. The highest BCUT2D eigenvalue weighted by atomic mass is 16.6. The van der Waals surface area contributed by atoms with Gasteiger partial charge in [-0.2, -0.15) is 0 Å². The quantitative estimate of drug-likeness (QED) is 0.498. The fraction of sp³-hybridized carbons (Fsp3) is 0.467. The van der Waals surface area contributed by atoms with Crippen LogP contribution in [0.4, 0.5) is 11.4 Å². The molecule has 0 bridgehead atoms. The zero-order valence-corrected chi connectivity index (χ0v) is 12.7.